The fraction of sp³-hybridized carbons (Fsp3) is 0.556. The number of aromatic nitrogens is 1. The lowest BCUT2D eigenvalue weighted by molar-refractivity contribution is -0.120. The maximum absolute atomic E-state index is 10.7. The van der Waals surface area contributed by atoms with E-state index in [-0.39, 0.29) is 5.91 Å². The highest BCUT2D eigenvalue weighted by Crippen LogP contribution is 1.92. The number of nitrogens with zero attached hydrogens (tertiary/aromatic N) is 1. The highest BCUT2D eigenvalue weighted by molar-refractivity contribution is 5.75. The Bertz CT molecular complexity index is 220. The van der Waals surface area contributed by atoms with Gasteiger partial charge in [-0.25, -0.2) is 0 Å². The highest BCUT2D eigenvalue weighted by Gasteiger charge is 1.98. The van der Waals surface area contributed by atoms with Crippen molar-refractivity contribution in [1.82, 2.24) is 10.5 Å². The first kappa shape index (κ1) is 11.7. The Morgan fingerprint density at radius 1 is 1.62 bits per heavy atom. The van der Waals surface area contributed by atoms with Crippen molar-refractivity contribution in [2.24, 2.45) is 0 Å². The van der Waals surface area contributed by atoms with Crippen LogP contribution in [0.4, 0.5) is 0 Å². The van der Waals surface area contributed by atoms with Gasteiger partial charge in [0.15, 0.2) is 0 Å². The fourth-order valence-corrected chi connectivity index (χ4v) is 0.643. The summed E-state index contributed by atoms with van der Waals surface area (Å²) in [6.45, 7) is 6.25. The van der Waals surface area contributed by atoms with E-state index in [1.54, 1.807) is 13.0 Å². The number of rotatable bonds is 3. The lowest BCUT2D eigenvalue weighted by Gasteiger charge is -1.97. The molecule has 0 saturated heterocycles. The van der Waals surface area contributed by atoms with E-state index in [9.17, 15) is 4.79 Å². The van der Waals surface area contributed by atoms with Gasteiger partial charge in [-0.15, -0.1) is 0 Å². The molecule has 0 bridgehead atoms. The van der Waals surface area contributed by atoms with Crippen molar-refractivity contribution in [2.45, 2.75) is 33.7 Å². The summed E-state index contributed by atoms with van der Waals surface area (Å²) < 4.78 is 4.58. The minimum absolute atomic E-state index is 0.0213. The van der Waals surface area contributed by atoms with Crippen LogP contribution in [-0.4, -0.2) is 11.1 Å². The van der Waals surface area contributed by atoms with E-state index in [4.69, 9.17) is 0 Å². The molecule has 1 amide bonds. The van der Waals surface area contributed by atoms with Crippen LogP contribution in [0.3, 0.4) is 0 Å². The van der Waals surface area contributed by atoms with Crippen LogP contribution in [-0.2, 0) is 11.3 Å². The van der Waals surface area contributed by atoms with Crippen LogP contribution in [0, 0.1) is 0 Å². The molecule has 1 N–H and O–H groups in total. The van der Waals surface area contributed by atoms with Crippen molar-refractivity contribution < 1.29 is 9.32 Å². The summed E-state index contributed by atoms with van der Waals surface area (Å²) in [4.78, 5) is 10.7. The van der Waals surface area contributed by atoms with Gasteiger partial charge in [-0.2, -0.15) is 0 Å². The van der Waals surface area contributed by atoms with Crippen LogP contribution >= 0.6 is 0 Å². The molecule has 0 aromatic carbocycles. The van der Waals surface area contributed by atoms with Crippen molar-refractivity contribution in [3.63, 3.8) is 0 Å². The van der Waals surface area contributed by atoms with Gasteiger partial charge >= 0.3 is 0 Å². The molecule has 1 heterocycles. The molecule has 0 atom stereocenters. The lowest BCUT2D eigenvalue weighted by atomic mass is 10.4. The van der Waals surface area contributed by atoms with Gasteiger partial charge in [0, 0.05) is 12.5 Å². The van der Waals surface area contributed by atoms with Gasteiger partial charge in [-0.05, 0) is 0 Å². The molecule has 1 aromatic heterocycles. The second kappa shape index (κ2) is 7.34. The molecular formula is C9H16N2O2. The van der Waals surface area contributed by atoms with Crippen LogP contribution in [0.15, 0.2) is 16.9 Å². The minimum atomic E-state index is 0.0213. The average Bonchev–Trinajstić information content (AvgIpc) is 2.70. The molecule has 0 unspecified atom stereocenters. The van der Waals surface area contributed by atoms with E-state index >= 15 is 0 Å². The van der Waals surface area contributed by atoms with Gasteiger partial charge in [0.05, 0.1) is 6.54 Å². The third-order valence-electron chi connectivity index (χ3n) is 1.28. The van der Waals surface area contributed by atoms with Gasteiger partial charge in [0.25, 0.3) is 0 Å². The van der Waals surface area contributed by atoms with E-state index in [1.807, 2.05) is 13.8 Å². The second-order valence-corrected chi connectivity index (χ2v) is 2.12. The molecule has 0 aliphatic carbocycles. The van der Waals surface area contributed by atoms with Gasteiger partial charge < -0.3 is 9.84 Å². The van der Waals surface area contributed by atoms with E-state index in [1.165, 1.54) is 6.26 Å². The van der Waals surface area contributed by atoms with Crippen LogP contribution in [0.25, 0.3) is 0 Å². The normalized spacial score (nSPS) is 8.54. The van der Waals surface area contributed by atoms with E-state index < -0.39 is 0 Å². The predicted octanol–water partition coefficient (Wildman–Crippen LogP) is 1.73. The van der Waals surface area contributed by atoms with Gasteiger partial charge in [-0.1, -0.05) is 25.9 Å². The first-order valence-electron chi connectivity index (χ1n) is 4.49. The summed E-state index contributed by atoms with van der Waals surface area (Å²) in [6, 6.07) is 1.72. The van der Waals surface area contributed by atoms with Crippen molar-refractivity contribution >= 4 is 5.91 Å². The molecule has 74 valence electrons. The Hall–Kier alpha value is -1.32. The van der Waals surface area contributed by atoms with Crippen LogP contribution < -0.4 is 5.32 Å². The Morgan fingerprint density at radius 2 is 2.31 bits per heavy atom. The van der Waals surface area contributed by atoms with Gasteiger partial charge in [0.1, 0.15) is 12.0 Å². The third kappa shape index (κ3) is 5.00. The molecule has 13 heavy (non-hydrogen) atoms. The summed E-state index contributed by atoms with van der Waals surface area (Å²) in [6.07, 6.45) is 1.98. The van der Waals surface area contributed by atoms with Crippen LogP contribution in [0.1, 0.15) is 32.9 Å². The molecule has 0 saturated carbocycles. The molecule has 0 aliphatic rings. The number of nitrogens with one attached hydrogen (secondary N) is 1. The quantitative estimate of drug-likeness (QED) is 0.778. The first-order valence-corrected chi connectivity index (χ1v) is 4.49. The molecule has 0 aliphatic heterocycles. The van der Waals surface area contributed by atoms with E-state index in [0.29, 0.717) is 13.0 Å². The molecule has 0 fully saturated rings. The van der Waals surface area contributed by atoms with Crippen molar-refractivity contribution in [2.75, 3.05) is 0 Å². The molecule has 1 rings (SSSR count). The summed E-state index contributed by atoms with van der Waals surface area (Å²) in [5.41, 5.74) is 0.742. The fourth-order valence-electron chi connectivity index (χ4n) is 0.643. The topological polar surface area (TPSA) is 55.1 Å². The molecular weight excluding hydrogens is 168 g/mol. The Balaban J connectivity index is 0.000000671. The Kier molecular flexibility index (Phi) is 6.59. The smallest absolute Gasteiger partial charge is 0.220 e. The van der Waals surface area contributed by atoms with Crippen molar-refractivity contribution in [1.29, 1.82) is 0 Å². The molecule has 0 radical (unpaired) electrons. The van der Waals surface area contributed by atoms with Crippen LogP contribution in [0.2, 0.25) is 0 Å². The molecule has 1 aromatic rings. The largest absolute Gasteiger partial charge is 0.364 e. The summed E-state index contributed by atoms with van der Waals surface area (Å²) >= 11 is 0. The zero-order chi connectivity index (χ0) is 10.1. The standard InChI is InChI=1S/C7H10N2O2.C2H6/c1-2-7(10)8-5-6-3-4-11-9-6;1-2/h3-4H,2,5H2,1H3,(H,8,10);1-2H3. The number of carbonyl (C=O) groups is 1. The Morgan fingerprint density at radius 3 is 2.77 bits per heavy atom. The number of hydrogen-bond acceptors (Lipinski definition) is 3. The zero-order valence-electron chi connectivity index (χ0n) is 8.33. The molecule has 4 heteroatoms. The average molecular weight is 184 g/mol. The van der Waals surface area contributed by atoms with Gasteiger partial charge in [-0.3, -0.25) is 4.79 Å². The highest BCUT2D eigenvalue weighted by atomic mass is 16.5. The number of amides is 1. The van der Waals surface area contributed by atoms with Crippen molar-refractivity contribution in [3.05, 3.63) is 18.0 Å². The van der Waals surface area contributed by atoms with E-state index in [2.05, 4.69) is 15.0 Å². The third-order valence-corrected chi connectivity index (χ3v) is 1.28. The monoisotopic (exact) mass is 184 g/mol. The summed E-state index contributed by atoms with van der Waals surface area (Å²) in [7, 11) is 0. The second-order valence-electron chi connectivity index (χ2n) is 2.12. The SMILES string of the molecule is CC.CCC(=O)NCc1ccon1. The maximum atomic E-state index is 10.7. The van der Waals surface area contributed by atoms with Crippen LogP contribution in [0.5, 0.6) is 0 Å². The van der Waals surface area contributed by atoms with E-state index in [0.717, 1.165) is 5.69 Å². The van der Waals surface area contributed by atoms with Crippen molar-refractivity contribution in [3.8, 4) is 0 Å². The molecule has 4 nitrogen and oxygen atoms in total. The maximum Gasteiger partial charge on any atom is 0.220 e. The first-order chi connectivity index (χ1) is 6.33. The molecule has 0 spiro atoms. The Labute approximate surface area is 78.3 Å². The predicted molar refractivity (Wildman–Crippen MR) is 50.0 cm³/mol. The minimum Gasteiger partial charge on any atom is -0.364 e. The number of carbonyl (C=O) groups excluding carboxylic acids is 1. The summed E-state index contributed by atoms with van der Waals surface area (Å²) in [5, 5.41) is 6.31. The summed E-state index contributed by atoms with van der Waals surface area (Å²) in [5.74, 6) is 0.0213. The number of hydrogen-bond donors (Lipinski definition) is 1. The van der Waals surface area contributed by atoms with Gasteiger partial charge in [0.2, 0.25) is 5.91 Å². The lowest BCUT2D eigenvalue weighted by Crippen LogP contribution is -2.21. The zero-order valence-corrected chi connectivity index (χ0v) is 8.33.